The first-order valence-electron chi connectivity index (χ1n) is 5.63. The fourth-order valence-corrected chi connectivity index (χ4v) is 1.77. The van der Waals surface area contributed by atoms with E-state index in [2.05, 4.69) is 12.0 Å². The maximum Gasteiger partial charge on any atom is 0.0817 e. The second-order valence-electron chi connectivity index (χ2n) is 3.86. The van der Waals surface area contributed by atoms with E-state index in [0.29, 0.717) is 6.61 Å². The van der Waals surface area contributed by atoms with Crippen LogP contribution >= 0.6 is 11.6 Å². The lowest BCUT2D eigenvalue weighted by Gasteiger charge is -2.10. The summed E-state index contributed by atoms with van der Waals surface area (Å²) in [6.45, 7) is 3.47. The second-order valence-corrected chi connectivity index (χ2v) is 4.27. The molecule has 1 rings (SSSR count). The Balaban J connectivity index is 2.58. The molecule has 1 heterocycles. The van der Waals surface area contributed by atoms with E-state index in [0.717, 1.165) is 36.5 Å². The zero-order valence-corrected chi connectivity index (χ0v) is 10.7. The third-order valence-corrected chi connectivity index (χ3v) is 3.00. The SMILES string of the molecule is CCC(N)CCc1c(Cl)cnn1CCOC. The molecule has 1 aromatic rings. The van der Waals surface area contributed by atoms with Crippen LogP contribution in [0.1, 0.15) is 25.5 Å². The molecule has 0 fully saturated rings. The summed E-state index contributed by atoms with van der Waals surface area (Å²) in [7, 11) is 1.68. The number of ether oxygens (including phenoxy) is 1. The molecule has 1 unspecified atom stereocenters. The van der Waals surface area contributed by atoms with Crippen LogP contribution in [0.15, 0.2) is 6.20 Å². The van der Waals surface area contributed by atoms with Crippen molar-refractivity contribution in [2.24, 2.45) is 5.73 Å². The minimum absolute atomic E-state index is 0.238. The van der Waals surface area contributed by atoms with Crippen molar-refractivity contribution in [1.82, 2.24) is 9.78 Å². The first kappa shape index (κ1) is 13.5. The zero-order chi connectivity index (χ0) is 12.0. The molecule has 1 atom stereocenters. The fourth-order valence-electron chi connectivity index (χ4n) is 1.53. The molecule has 0 saturated heterocycles. The molecular weight excluding hydrogens is 226 g/mol. The van der Waals surface area contributed by atoms with E-state index in [4.69, 9.17) is 22.1 Å². The summed E-state index contributed by atoms with van der Waals surface area (Å²) in [6.07, 6.45) is 4.49. The minimum atomic E-state index is 0.238. The molecular formula is C11H20ClN3O. The number of nitrogens with zero attached hydrogens (tertiary/aromatic N) is 2. The third-order valence-electron chi connectivity index (χ3n) is 2.68. The molecule has 0 amide bonds. The monoisotopic (exact) mass is 245 g/mol. The number of rotatable bonds is 7. The van der Waals surface area contributed by atoms with Crippen LogP contribution in [0, 0.1) is 0 Å². The highest BCUT2D eigenvalue weighted by Crippen LogP contribution is 2.17. The van der Waals surface area contributed by atoms with Crippen molar-refractivity contribution in [1.29, 1.82) is 0 Å². The van der Waals surface area contributed by atoms with Crippen LogP contribution in [0.25, 0.3) is 0 Å². The minimum Gasteiger partial charge on any atom is -0.383 e. The molecule has 0 aliphatic rings. The molecule has 5 heteroatoms. The van der Waals surface area contributed by atoms with E-state index in [1.165, 1.54) is 0 Å². The number of hydrogen-bond donors (Lipinski definition) is 1. The standard InChI is InChI=1S/C11H20ClN3O/c1-3-9(13)4-5-11-10(12)8-14-15(11)6-7-16-2/h8-9H,3-7,13H2,1-2H3. The molecule has 0 aromatic carbocycles. The third kappa shape index (κ3) is 3.77. The topological polar surface area (TPSA) is 53.1 Å². The molecule has 0 saturated carbocycles. The number of halogens is 1. The van der Waals surface area contributed by atoms with Crippen molar-refractivity contribution in [3.05, 3.63) is 16.9 Å². The zero-order valence-electron chi connectivity index (χ0n) is 9.95. The lowest BCUT2D eigenvalue weighted by Crippen LogP contribution is -2.20. The van der Waals surface area contributed by atoms with Gasteiger partial charge in [0.2, 0.25) is 0 Å². The number of hydrogen-bond acceptors (Lipinski definition) is 3. The predicted octanol–water partition coefficient (Wildman–Crippen LogP) is 1.85. The molecule has 0 radical (unpaired) electrons. The van der Waals surface area contributed by atoms with Crippen LogP contribution in [0.4, 0.5) is 0 Å². The average molecular weight is 246 g/mol. The van der Waals surface area contributed by atoms with Crippen molar-refractivity contribution in [2.45, 2.75) is 38.8 Å². The highest BCUT2D eigenvalue weighted by atomic mass is 35.5. The van der Waals surface area contributed by atoms with Crippen molar-refractivity contribution in [3.63, 3.8) is 0 Å². The first-order chi connectivity index (χ1) is 7.69. The Hall–Kier alpha value is -0.580. The van der Waals surface area contributed by atoms with Crippen LogP contribution in [0.2, 0.25) is 5.02 Å². The van der Waals surface area contributed by atoms with Crippen LogP contribution in [0.3, 0.4) is 0 Å². The number of methoxy groups -OCH3 is 1. The van der Waals surface area contributed by atoms with Gasteiger partial charge in [-0.1, -0.05) is 18.5 Å². The lowest BCUT2D eigenvalue weighted by atomic mass is 10.1. The molecule has 1 aromatic heterocycles. The fraction of sp³-hybridized carbons (Fsp3) is 0.727. The van der Waals surface area contributed by atoms with Crippen molar-refractivity contribution in [2.75, 3.05) is 13.7 Å². The van der Waals surface area contributed by atoms with Gasteiger partial charge in [0, 0.05) is 13.2 Å². The summed E-state index contributed by atoms with van der Waals surface area (Å²) in [5.74, 6) is 0. The van der Waals surface area contributed by atoms with Gasteiger partial charge >= 0.3 is 0 Å². The summed E-state index contributed by atoms with van der Waals surface area (Å²) in [5.41, 5.74) is 6.95. The summed E-state index contributed by atoms with van der Waals surface area (Å²) in [4.78, 5) is 0. The van der Waals surface area contributed by atoms with E-state index < -0.39 is 0 Å². The summed E-state index contributed by atoms with van der Waals surface area (Å²) < 4.78 is 6.93. The Kier molecular flexibility index (Phi) is 5.80. The highest BCUT2D eigenvalue weighted by Gasteiger charge is 2.10. The highest BCUT2D eigenvalue weighted by molar-refractivity contribution is 6.31. The molecule has 0 bridgehead atoms. The molecule has 16 heavy (non-hydrogen) atoms. The Morgan fingerprint density at radius 3 is 3.00 bits per heavy atom. The Labute approximate surface area is 102 Å². The van der Waals surface area contributed by atoms with Gasteiger partial charge in [-0.25, -0.2) is 0 Å². The van der Waals surface area contributed by atoms with E-state index in [9.17, 15) is 0 Å². The van der Waals surface area contributed by atoms with Crippen molar-refractivity contribution in [3.8, 4) is 0 Å². The quantitative estimate of drug-likeness (QED) is 0.798. The first-order valence-corrected chi connectivity index (χ1v) is 6.01. The maximum atomic E-state index is 6.09. The Bertz CT molecular complexity index is 314. The van der Waals surface area contributed by atoms with Gasteiger partial charge in [0.15, 0.2) is 0 Å². The van der Waals surface area contributed by atoms with Crippen molar-refractivity contribution < 1.29 is 4.74 Å². The number of nitrogens with two attached hydrogens (primary N) is 1. The predicted molar refractivity (Wildman–Crippen MR) is 65.7 cm³/mol. The average Bonchev–Trinajstić information content (AvgIpc) is 2.64. The largest absolute Gasteiger partial charge is 0.383 e. The molecule has 2 N–H and O–H groups in total. The van der Waals surface area contributed by atoms with Crippen LogP contribution in [-0.2, 0) is 17.7 Å². The van der Waals surface area contributed by atoms with E-state index >= 15 is 0 Å². The van der Waals surface area contributed by atoms with E-state index in [1.54, 1.807) is 13.3 Å². The van der Waals surface area contributed by atoms with Crippen molar-refractivity contribution >= 4 is 11.6 Å². The Morgan fingerprint density at radius 2 is 2.38 bits per heavy atom. The van der Waals surface area contributed by atoms with Gasteiger partial charge in [-0.05, 0) is 19.3 Å². The van der Waals surface area contributed by atoms with Gasteiger partial charge in [-0.3, -0.25) is 4.68 Å². The summed E-state index contributed by atoms with van der Waals surface area (Å²) in [6, 6.07) is 0.238. The van der Waals surface area contributed by atoms with E-state index in [1.807, 2.05) is 4.68 Å². The lowest BCUT2D eigenvalue weighted by molar-refractivity contribution is 0.182. The van der Waals surface area contributed by atoms with Crippen LogP contribution < -0.4 is 5.73 Å². The van der Waals surface area contributed by atoms with Gasteiger partial charge in [-0.15, -0.1) is 0 Å². The summed E-state index contributed by atoms with van der Waals surface area (Å²) >= 11 is 6.09. The molecule has 0 spiro atoms. The smallest absolute Gasteiger partial charge is 0.0817 e. The van der Waals surface area contributed by atoms with Crippen LogP contribution in [-0.4, -0.2) is 29.5 Å². The van der Waals surface area contributed by atoms with Crippen LogP contribution in [0.5, 0.6) is 0 Å². The molecule has 92 valence electrons. The van der Waals surface area contributed by atoms with E-state index in [-0.39, 0.29) is 6.04 Å². The molecule has 4 nitrogen and oxygen atoms in total. The second kappa shape index (κ2) is 6.89. The maximum absolute atomic E-state index is 6.09. The van der Waals surface area contributed by atoms with Gasteiger partial charge in [0.25, 0.3) is 0 Å². The van der Waals surface area contributed by atoms with Gasteiger partial charge in [0.05, 0.1) is 30.1 Å². The normalized spacial score (nSPS) is 13.0. The molecule has 0 aliphatic heterocycles. The van der Waals surface area contributed by atoms with Gasteiger partial charge in [-0.2, -0.15) is 5.10 Å². The summed E-state index contributed by atoms with van der Waals surface area (Å²) in [5, 5.41) is 4.94. The number of aromatic nitrogens is 2. The Morgan fingerprint density at radius 1 is 1.62 bits per heavy atom. The van der Waals surface area contributed by atoms with Gasteiger partial charge in [0.1, 0.15) is 0 Å². The molecule has 0 aliphatic carbocycles. The van der Waals surface area contributed by atoms with Gasteiger partial charge < -0.3 is 10.5 Å².